The van der Waals surface area contributed by atoms with Crippen LogP contribution >= 0.6 is 11.6 Å². The van der Waals surface area contributed by atoms with E-state index in [-0.39, 0.29) is 0 Å². The van der Waals surface area contributed by atoms with Gasteiger partial charge in [-0.2, -0.15) is 18.2 Å². The summed E-state index contributed by atoms with van der Waals surface area (Å²) in [6.07, 6.45) is -2.51. The van der Waals surface area contributed by atoms with Gasteiger partial charge < -0.3 is 24.4 Å². The summed E-state index contributed by atoms with van der Waals surface area (Å²) in [7, 11) is 1.68. The third-order valence-electron chi connectivity index (χ3n) is 5.72. The molecule has 9 nitrogen and oxygen atoms in total. The van der Waals surface area contributed by atoms with Crippen LogP contribution in [-0.2, 0) is 16.0 Å². The van der Waals surface area contributed by atoms with Gasteiger partial charge in [-0.15, -0.1) is 0 Å². The lowest BCUT2D eigenvalue weighted by Gasteiger charge is -2.28. The largest absolute Gasteiger partial charge is 0.497 e. The van der Waals surface area contributed by atoms with E-state index in [2.05, 4.69) is 20.9 Å². The van der Waals surface area contributed by atoms with Gasteiger partial charge in [0.1, 0.15) is 16.7 Å². The van der Waals surface area contributed by atoms with Crippen LogP contribution < -0.4 is 14.5 Å². The Kier molecular flexibility index (Phi) is 7.98. The number of fused-ring (bicyclic) bond motifs is 1. The number of morpholine rings is 1. The molecule has 2 aliphatic rings. The molecule has 0 aliphatic carbocycles. The highest BCUT2D eigenvalue weighted by Crippen LogP contribution is 2.40. The maximum atomic E-state index is 10.6. The number of methoxy groups -OCH3 is 1. The fourth-order valence-electron chi connectivity index (χ4n) is 3.97. The fraction of sp³-hybridized carbons (Fsp3) is 0.333. The topological polar surface area (TPSA) is 101 Å². The summed E-state index contributed by atoms with van der Waals surface area (Å²) in [4.78, 5) is 27.4. The van der Waals surface area contributed by atoms with E-state index in [0.29, 0.717) is 18.4 Å². The zero-order valence-electron chi connectivity index (χ0n) is 19.7. The van der Waals surface area contributed by atoms with Gasteiger partial charge in [0.15, 0.2) is 0 Å². The average Bonchev–Trinajstić information content (AvgIpc) is 3.32. The minimum Gasteiger partial charge on any atom is -0.497 e. The standard InChI is InChI=1S/C22H22ClN5O2.C2HF3O2/c1-29-17-4-2-3-15(13-17)20-18-6-8-28(16-5-7-24-19(23)14-16)21(18)26-22(25-20)27-9-11-30-12-10-27;3-2(4,5)1(6)7/h2-5,7,13-14H,6,8-12H2,1H3;(H,6,7). The SMILES string of the molecule is COc1cccc(-c2nc(N3CCOCC3)nc3c2CCN3c2ccnc(Cl)c2)c1.O=C(O)C(F)(F)F. The molecule has 5 rings (SSSR count). The number of halogens is 4. The van der Waals surface area contributed by atoms with Gasteiger partial charge in [0.2, 0.25) is 5.95 Å². The van der Waals surface area contributed by atoms with E-state index in [4.69, 9.17) is 40.9 Å². The highest BCUT2D eigenvalue weighted by Gasteiger charge is 2.38. The Labute approximate surface area is 215 Å². The van der Waals surface area contributed by atoms with Gasteiger partial charge in [-0.05, 0) is 30.7 Å². The summed E-state index contributed by atoms with van der Waals surface area (Å²) < 4.78 is 42.7. The number of anilines is 3. The number of pyridine rings is 1. The van der Waals surface area contributed by atoms with Gasteiger partial charge in [-0.3, -0.25) is 0 Å². The Bertz CT molecular complexity index is 1270. The van der Waals surface area contributed by atoms with E-state index >= 15 is 0 Å². The van der Waals surface area contributed by atoms with Gasteiger partial charge in [0.25, 0.3) is 0 Å². The number of carboxylic acid groups (broad SMARTS) is 1. The van der Waals surface area contributed by atoms with Crippen molar-refractivity contribution >= 4 is 35.0 Å². The Morgan fingerprint density at radius 2 is 1.86 bits per heavy atom. The van der Waals surface area contributed by atoms with E-state index in [1.807, 2.05) is 30.3 Å². The number of aromatic nitrogens is 3. The van der Waals surface area contributed by atoms with Crippen LogP contribution in [0.3, 0.4) is 0 Å². The summed E-state index contributed by atoms with van der Waals surface area (Å²) in [6.45, 7) is 3.72. The number of carbonyl (C=O) groups is 1. The maximum Gasteiger partial charge on any atom is 0.490 e. The second-order valence-corrected chi connectivity index (χ2v) is 8.43. The summed E-state index contributed by atoms with van der Waals surface area (Å²) in [5.74, 6) is -0.301. The third-order valence-corrected chi connectivity index (χ3v) is 5.92. The predicted molar refractivity (Wildman–Crippen MR) is 131 cm³/mol. The normalized spacial score (nSPS) is 15.1. The van der Waals surface area contributed by atoms with Gasteiger partial charge in [0.05, 0.1) is 26.0 Å². The highest BCUT2D eigenvalue weighted by atomic mass is 35.5. The van der Waals surface area contributed by atoms with Crippen molar-refractivity contribution in [3.8, 4) is 17.0 Å². The van der Waals surface area contributed by atoms with E-state index in [0.717, 1.165) is 66.1 Å². The number of alkyl halides is 3. The molecule has 0 atom stereocenters. The number of ether oxygens (including phenoxy) is 2. The fourth-order valence-corrected chi connectivity index (χ4v) is 4.14. The zero-order valence-corrected chi connectivity index (χ0v) is 20.5. The Hall–Kier alpha value is -3.64. The van der Waals surface area contributed by atoms with Crippen LogP contribution in [0.4, 0.5) is 30.6 Å². The Morgan fingerprint density at radius 3 is 2.51 bits per heavy atom. The molecular weight excluding hydrogens is 515 g/mol. The van der Waals surface area contributed by atoms with Gasteiger partial charge in [0, 0.05) is 42.6 Å². The highest BCUT2D eigenvalue weighted by molar-refractivity contribution is 6.29. The molecule has 0 unspecified atom stereocenters. The molecule has 1 aromatic carbocycles. The van der Waals surface area contributed by atoms with Crippen LogP contribution in [-0.4, -0.2) is 72.2 Å². The number of carboxylic acids is 1. The molecule has 0 amide bonds. The molecule has 4 heterocycles. The van der Waals surface area contributed by atoms with Crippen LogP contribution in [0.15, 0.2) is 42.6 Å². The number of aliphatic carboxylic acids is 1. The lowest BCUT2D eigenvalue weighted by molar-refractivity contribution is -0.192. The van der Waals surface area contributed by atoms with Crippen molar-refractivity contribution < 1.29 is 32.5 Å². The summed E-state index contributed by atoms with van der Waals surface area (Å²) in [6, 6.07) is 11.9. The molecule has 0 saturated carbocycles. The van der Waals surface area contributed by atoms with Crippen molar-refractivity contribution in [2.24, 2.45) is 0 Å². The summed E-state index contributed by atoms with van der Waals surface area (Å²) >= 11 is 6.16. The molecule has 0 radical (unpaired) electrons. The minimum absolute atomic E-state index is 0.469. The number of hydrogen-bond acceptors (Lipinski definition) is 8. The first-order valence-electron chi connectivity index (χ1n) is 11.2. The van der Waals surface area contributed by atoms with Gasteiger partial charge in [-0.1, -0.05) is 23.7 Å². The van der Waals surface area contributed by atoms with Crippen molar-refractivity contribution in [1.82, 2.24) is 15.0 Å². The average molecular weight is 538 g/mol. The second-order valence-electron chi connectivity index (χ2n) is 8.05. The number of hydrogen-bond donors (Lipinski definition) is 1. The summed E-state index contributed by atoms with van der Waals surface area (Å²) in [5, 5.41) is 7.59. The number of benzene rings is 1. The first-order valence-corrected chi connectivity index (χ1v) is 11.6. The van der Waals surface area contributed by atoms with Gasteiger partial charge in [-0.25, -0.2) is 14.8 Å². The molecule has 2 aromatic heterocycles. The smallest absolute Gasteiger partial charge is 0.490 e. The van der Waals surface area contributed by atoms with E-state index in [9.17, 15) is 13.2 Å². The first kappa shape index (κ1) is 26.4. The first-order chi connectivity index (χ1) is 17.7. The molecule has 13 heteroatoms. The molecule has 3 aromatic rings. The summed E-state index contributed by atoms with van der Waals surface area (Å²) in [5.41, 5.74) is 4.09. The van der Waals surface area contributed by atoms with Crippen LogP contribution in [0.2, 0.25) is 5.15 Å². The second kappa shape index (κ2) is 11.2. The molecule has 196 valence electrons. The Balaban J connectivity index is 0.000000405. The van der Waals surface area contributed by atoms with Crippen LogP contribution in [0, 0.1) is 0 Å². The zero-order chi connectivity index (χ0) is 26.6. The number of rotatable bonds is 4. The van der Waals surface area contributed by atoms with Crippen molar-refractivity contribution in [2.75, 3.05) is 49.8 Å². The Morgan fingerprint density at radius 1 is 1.14 bits per heavy atom. The molecular formula is C24H23ClF3N5O4. The van der Waals surface area contributed by atoms with E-state index in [1.54, 1.807) is 13.3 Å². The van der Waals surface area contributed by atoms with Crippen LogP contribution in [0.25, 0.3) is 11.3 Å². The molecule has 1 saturated heterocycles. The van der Waals surface area contributed by atoms with Crippen molar-refractivity contribution in [3.05, 3.63) is 53.3 Å². The number of nitrogens with zero attached hydrogens (tertiary/aromatic N) is 5. The molecule has 0 spiro atoms. The van der Waals surface area contributed by atoms with Crippen molar-refractivity contribution in [3.63, 3.8) is 0 Å². The van der Waals surface area contributed by atoms with E-state index in [1.165, 1.54) is 0 Å². The van der Waals surface area contributed by atoms with Crippen LogP contribution in [0.1, 0.15) is 5.56 Å². The maximum absolute atomic E-state index is 10.6. The minimum atomic E-state index is -5.08. The lowest BCUT2D eigenvalue weighted by atomic mass is 10.1. The van der Waals surface area contributed by atoms with Crippen molar-refractivity contribution in [2.45, 2.75) is 12.6 Å². The molecule has 2 aliphatic heterocycles. The molecule has 37 heavy (non-hydrogen) atoms. The van der Waals surface area contributed by atoms with Crippen molar-refractivity contribution in [1.29, 1.82) is 0 Å². The molecule has 0 bridgehead atoms. The molecule has 1 fully saturated rings. The lowest BCUT2D eigenvalue weighted by Crippen LogP contribution is -2.37. The van der Waals surface area contributed by atoms with Crippen LogP contribution in [0.5, 0.6) is 5.75 Å². The quantitative estimate of drug-likeness (QED) is 0.486. The molecule has 1 N–H and O–H groups in total. The van der Waals surface area contributed by atoms with Gasteiger partial charge >= 0.3 is 12.1 Å². The monoisotopic (exact) mass is 537 g/mol. The predicted octanol–water partition coefficient (Wildman–Crippen LogP) is 4.36. The van der Waals surface area contributed by atoms with E-state index < -0.39 is 12.1 Å². The third kappa shape index (κ3) is 6.20.